The lowest BCUT2D eigenvalue weighted by atomic mass is 10.0. The number of esters is 1. The molecule has 1 fully saturated rings. The van der Waals surface area contributed by atoms with Gasteiger partial charge in [-0.3, -0.25) is 9.97 Å². The Morgan fingerprint density at radius 1 is 1.06 bits per heavy atom. The summed E-state index contributed by atoms with van der Waals surface area (Å²) < 4.78 is 5.42. The Bertz CT molecular complexity index is 1520. The van der Waals surface area contributed by atoms with Crippen LogP contribution in [0.1, 0.15) is 15.5 Å². The number of thiazole rings is 1. The minimum absolute atomic E-state index is 0.0671. The van der Waals surface area contributed by atoms with Crippen molar-refractivity contribution in [1.82, 2.24) is 30.2 Å². The molecule has 2 N–H and O–H groups in total. The molecular weight excluding hydrogens is 448 g/mol. The molecule has 6 rings (SSSR count). The summed E-state index contributed by atoms with van der Waals surface area (Å²) in [5.74, 6) is -0.380. The quantitative estimate of drug-likeness (QED) is 0.372. The van der Waals surface area contributed by atoms with Gasteiger partial charge in [0.25, 0.3) is 0 Å². The number of H-pyrrole nitrogens is 1. The third-order valence-electron chi connectivity index (χ3n) is 5.73. The van der Waals surface area contributed by atoms with E-state index in [1.807, 2.05) is 48.7 Å². The van der Waals surface area contributed by atoms with Crippen molar-refractivity contribution in [2.24, 2.45) is 0 Å². The fourth-order valence-electron chi connectivity index (χ4n) is 3.86. The summed E-state index contributed by atoms with van der Waals surface area (Å²) in [5.41, 5.74) is 6.86. The largest absolute Gasteiger partial charge is 0.454 e. The van der Waals surface area contributed by atoms with Crippen LogP contribution in [0.4, 0.5) is 0 Å². The van der Waals surface area contributed by atoms with E-state index >= 15 is 0 Å². The molecule has 0 atom stereocenters. The summed E-state index contributed by atoms with van der Waals surface area (Å²) in [4.78, 5) is 33.8. The highest BCUT2D eigenvalue weighted by molar-refractivity contribution is 7.11. The number of hydrogen-bond donors (Lipinski definition) is 2. The molecule has 0 bridgehead atoms. The van der Waals surface area contributed by atoms with Crippen molar-refractivity contribution in [3.63, 3.8) is 0 Å². The molecule has 0 saturated carbocycles. The zero-order valence-corrected chi connectivity index (χ0v) is 19.1. The molecule has 0 amide bonds. The predicted molar refractivity (Wildman–Crippen MR) is 130 cm³/mol. The smallest absolute Gasteiger partial charge is 0.367 e. The highest BCUT2D eigenvalue weighted by Crippen LogP contribution is 2.31. The summed E-state index contributed by atoms with van der Waals surface area (Å²) in [5, 5.41) is 6.25. The van der Waals surface area contributed by atoms with Crippen molar-refractivity contribution in [3.8, 4) is 33.9 Å². The number of ether oxygens (including phenoxy) is 1. The van der Waals surface area contributed by atoms with E-state index in [1.165, 1.54) is 11.3 Å². The van der Waals surface area contributed by atoms with E-state index in [0.29, 0.717) is 23.8 Å². The molecule has 1 saturated heterocycles. The first-order valence-corrected chi connectivity index (χ1v) is 11.8. The van der Waals surface area contributed by atoms with Gasteiger partial charge >= 0.3 is 5.97 Å². The van der Waals surface area contributed by atoms with Crippen molar-refractivity contribution >= 4 is 28.2 Å². The molecule has 0 aliphatic carbocycles. The molecule has 0 spiro atoms. The summed E-state index contributed by atoms with van der Waals surface area (Å²) in [6, 6.07) is 14.0. The number of aromatic nitrogens is 5. The van der Waals surface area contributed by atoms with Crippen LogP contribution in [0.15, 0.2) is 60.4 Å². The second kappa shape index (κ2) is 8.44. The first kappa shape index (κ1) is 20.6. The van der Waals surface area contributed by atoms with E-state index in [0.717, 1.165) is 44.8 Å². The van der Waals surface area contributed by atoms with Crippen LogP contribution < -0.4 is 5.32 Å². The number of benzene rings is 1. The lowest BCUT2D eigenvalue weighted by Gasteiger charge is -2.26. The second-order valence-electron chi connectivity index (χ2n) is 8.15. The SMILES string of the molecule is Cc1cccc(-c2[nH]cnc2-c2ccc3ncc(-c4csc(C(=O)OC5CNC5)n4)cc3c2)n1. The zero-order valence-electron chi connectivity index (χ0n) is 18.3. The van der Waals surface area contributed by atoms with Crippen LogP contribution >= 0.6 is 11.3 Å². The number of hydrogen-bond acceptors (Lipinski definition) is 8. The van der Waals surface area contributed by atoms with E-state index in [1.54, 1.807) is 12.5 Å². The van der Waals surface area contributed by atoms with Crippen LogP contribution in [-0.4, -0.2) is 50.1 Å². The number of imidazole rings is 1. The summed E-state index contributed by atoms with van der Waals surface area (Å²) in [6.45, 7) is 3.36. The monoisotopic (exact) mass is 468 g/mol. The summed E-state index contributed by atoms with van der Waals surface area (Å²) in [7, 11) is 0. The maximum absolute atomic E-state index is 12.3. The van der Waals surface area contributed by atoms with Crippen molar-refractivity contribution in [2.45, 2.75) is 13.0 Å². The molecule has 1 aliphatic rings. The van der Waals surface area contributed by atoms with Crippen molar-refractivity contribution in [1.29, 1.82) is 0 Å². The average molecular weight is 469 g/mol. The van der Waals surface area contributed by atoms with Gasteiger partial charge in [-0.1, -0.05) is 12.1 Å². The number of pyridine rings is 2. The Balaban J connectivity index is 1.32. The van der Waals surface area contributed by atoms with Crippen LogP contribution in [0.3, 0.4) is 0 Å². The molecule has 1 aliphatic heterocycles. The topological polar surface area (TPSA) is 106 Å². The van der Waals surface area contributed by atoms with Crippen LogP contribution in [0.5, 0.6) is 0 Å². The predicted octanol–water partition coefficient (Wildman–Crippen LogP) is 4.25. The van der Waals surface area contributed by atoms with Gasteiger partial charge in [-0.25, -0.2) is 14.8 Å². The van der Waals surface area contributed by atoms with Crippen LogP contribution in [-0.2, 0) is 4.74 Å². The normalized spacial score (nSPS) is 13.7. The third kappa shape index (κ3) is 3.85. The second-order valence-corrected chi connectivity index (χ2v) is 9.00. The maximum atomic E-state index is 12.3. The van der Waals surface area contributed by atoms with Gasteiger partial charge in [-0.05, 0) is 37.3 Å². The molecule has 168 valence electrons. The van der Waals surface area contributed by atoms with Crippen LogP contribution in [0.25, 0.3) is 44.8 Å². The molecular formula is C25H20N6O2S. The number of carbonyl (C=O) groups is 1. The third-order valence-corrected chi connectivity index (χ3v) is 6.55. The summed E-state index contributed by atoms with van der Waals surface area (Å²) >= 11 is 1.28. The molecule has 34 heavy (non-hydrogen) atoms. The fourth-order valence-corrected chi connectivity index (χ4v) is 4.56. The number of nitrogens with one attached hydrogen (secondary N) is 2. The van der Waals surface area contributed by atoms with Gasteiger partial charge in [0.15, 0.2) is 0 Å². The highest BCUT2D eigenvalue weighted by atomic mass is 32.1. The fraction of sp³-hybridized carbons (Fsp3) is 0.160. The van der Waals surface area contributed by atoms with Gasteiger partial charge in [0.05, 0.1) is 34.6 Å². The molecule has 9 heteroatoms. The molecule has 5 heterocycles. The van der Waals surface area contributed by atoms with Gasteiger partial charge in [0.1, 0.15) is 6.10 Å². The summed E-state index contributed by atoms with van der Waals surface area (Å²) in [6.07, 6.45) is 3.39. The molecule has 1 aromatic carbocycles. The molecule has 8 nitrogen and oxygen atoms in total. The van der Waals surface area contributed by atoms with Crippen LogP contribution in [0, 0.1) is 6.92 Å². The number of aryl methyl sites for hydroxylation is 1. The number of fused-ring (bicyclic) bond motifs is 1. The Kier molecular flexibility index (Phi) is 5.12. The number of rotatable bonds is 5. The highest BCUT2D eigenvalue weighted by Gasteiger charge is 2.24. The Morgan fingerprint density at radius 3 is 2.76 bits per heavy atom. The van der Waals surface area contributed by atoms with Gasteiger partial charge in [-0.15, -0.1) is 11.3 Å². The van der Waals surface area contributed by atoms with Crippen LogP contribution in [0.2, 0.25) is 0 Å². The first-order valence-electron chi connectivity index (χ1n) is 10.9. The minimum atomic E-state index is -0.380. The van der Waals surface area contributed by atoms with E-state index in [-0.39, 0.29) is 12.1 Å². The van der Waals surface area contributed by atoms with E-state index < -0.39 is 0 Å². The Hall–Kier alpha value is -3.95. The zero-order chi connectivity index (χ0) is 23.1. The lowest BCUT2D eigenvalue weighted by Crippen LogP contribution is -2.49. The number of nitrogens with zero attached hydrogens (tertiary/aromatic N) is 4. The average Bonchev–Trinajstić information content (AvgIpc) is 3.51. The maximum Gasteiger partial charge on any atom is 0.367 e. The lowest BCUT2D eigenvalue weighted by molar-refractivity contribution is 0.0169. The van der Waals surface area contributed by atoms with E-state index in [2.05, 4.69) is 36.3 Å². The van der Waals surface area contributed by atoms with Crippen molar-refractivity contribution < 1.29 is 9.53 Å². The molecule has 5 aromatic rings. The van der Waals surface area contributed by atoms with Gasteiger partial charge in [-0.2, -0.15) is 0 Å². The minimum Gasteiger partial charge on any atom is -0.454 e. The first-order chi connectivity index (χ1) is 16.6. The molecule has 0 unspecified atom stereocenters. The van der Waals surface area contributed by atoms with Gasteiger partial charge in [0.2, 0.25) is 5.01 Å². The Labute approximate surface area is 199 Å². The van der Waals surface area contributed by atoms with E-state index in [4.69, 9.17) is 4.74 Å². The standard InChI is InChI=1S/C25H20N6O2S/c1-14-3-2-4-20(30-14)23-22(28-13-29-23)15-5-6-19-16(7-15)8-17(9-27-19)21-12-34-24(31-21)25(32)33-18-10-26-11-18/h2-9,12-13,18,26H,10-11H2,1H3,(H,28,29). The Morgan fingerprint density at radius 2 is 1.94 bits per heavy atom. The number of aromatic amines is 1. The van der Waals surface area contributed by atoms with Crippen molar-refractivity contribution in [3.05, 3.63) is 71.1 Å². The van der Waals surface area contributed by atoms with Crippen molar-refractivity contribution in [2.75, 3.05) is 13.1 Å². The number of carbonyl (C=O) groups excluding carboxylic acids is 1. The molecule has 4 aromatic heterocycles. The molecule has 0 radical (unpaired) electrons. The van der Waals surface area contributed by atoms with Gasteiger partial charge in [0, 0.05) is 46.9 Å². The van der Waals surface area contributed by atoms with E-state index in [9.17, 15) is 4.79 Å². The van der Waals surface area contributed by atoms with Gasteiger partial charge < -0.3 is 15.0 Å².